The summed E-state index contributed by atoms with van der Waals surface area (Å²) in [5, 5.41) is 9.44. The van der Waals surface area contributed by atoms with E-state index in [1.807, 2.05) is 121 Å². The normalized spacial score (nSPS) is 11.5. The van der Waals surface area contributed by atoms with Gasteiger partial charge in [0.15, 0.2) is 34.9 Å². The fraction of sp³-hybridized carbons (Fsp3) is 0. The number of thiophene rings is 1. The third kappa shape index (κ3) is 15.8. The second-order valence-electron chi connectivity index (χ2n) is 37.3. The maximum Gasteiger partial charge on any atom is 0.164 e. The van der Waals surface area contributed by atoms with E-state index >= 15 is 0 Å². The minimum Gasteiger partial charge on any atom is -0.456 e. The smallest absolute Gasteiger partial charge is 0.164 e. The molecule has 0 radical (unpaired) electrons. The second-order valence-corrected chi connectivity index (χ2v) is 38.4. The molecule has 0 amide bonds. The summed E-state index contributed by atoms with van der Waals surface area (Å²) in [5.41, 5.74) is 36.7. The van der Waals surface area contributed by atoms with Crippen LogP contribution in [0.1, 0.15) is 0 Å². The number of hydrogen-bond acceptors (Lipinski definition) is 8. The van der Waals surface area contributed by atoms with Gasteiger partial charge in [-0.25, -0.2) is 29.9 Å². The first-order chi connectivity index (χ1) is 73.4. The van der Waals surface area contributed by atoms with E-state index < -0.39 is 0 Å². The molecular formula is C138H88N8OS. The number of aromatic nitrogens is 8. The summed E-state index contributed by atoms with van der Waals surface area (Å²) in [6, 6.07) is 190. The van der Waals surface area contributed by atoms with Gasteiger partial charge in [0.25, 0.3) is 0 Å². The van der Waals surface area contributed by atoms with Crippen molar-refractivity contribution in [2.45, 2.75) is 0 Å². The topological polar surface area (TPSA) is 100 Å². The zero-order valence-electron chi connectivity index (χ0n) is 80.2. The molecule has 9 nitrogen and oxygen atoms in total. The van der Waals surface area contributed by atoms with Crippen LogP contribution in [0.25, 0.3) is 277 Å². The molecule has 692 valence electrons. The van der Waals surface area contributed by atoms with Crippen molar-refractivity contribution in [1.82, 2.24) is 39.0 Å². The van der Waals surface area contributed by atoms with Crippen LogP contribution in [-0.4, -0.2) is 39.0 Å². The van der Waals surface area contributed by atoms with E-state index in [2.05, 4.69) is 434 Å². The van der Waals surface area contributed by atoms with Crippen LogP contribution in [0.4, 0.5) is 0 Å². The lowest BCUT2D eigenvalue weighted by molar-refractivity contribution is 0.669. The first-order valence-electron chi connectivity index (χ1n) is 50.0. The van der Waals surface area contributed by atoms with Crippen molar-refractivity contribution in [2.24, 2.45) is 0 Å². The predicted octanol–water partition coefficient (Wildman–Crippen LogP) is 36.9. The predicted molar refractivity (Wildman–Crippen MR) is 615 cm³/mol. The second kappa shape index (κ2) is 37.7. The average molecular weight is 1910 g/mol. The molecule has 0 unspecified atom stereocenters. The van der Waals surface area contributed by atoms with Crippen LogP contribution in [0.2, 0.25) is 0 Å². The van der Waals surface area contributed by atoms with Crippen LogP contribution >= 0.6 is 11.3 Å². The lowest BCUT2D eigenvalue weighted by Gasteiger charge is -2.24. The number of furan rings is 1. The Morgan fingerprint density at radius 3 is 0.824 bits per heavy atom. The molecule has 10 heteroatoms. The number of para-hydroxylation sites is 1. The lowest BCUT2D eigenvalue weighted by atomic mass is 9.80. The Labute approximate surface area is 859 Å². The first-order valence-corrected chi connectivity index (χ1v) is 50.8. The summed E-state index contributed by atoms with van der Waals surface area (Å²) >= 11 is 1.86. The van der Waals surface area contributed by atoms with Gasteiger partial charge in [-0.3, -0.25) is 0 Å². The van der Waals surface area contributed by atoms with Gasteiger partial charge in [0, 0.05) is 131 Å². The lowest BCUT2D eigenvalue weighted by Crippen LogP contribution is -2.02. The molecule has 6 aromatic heterocycles. The third-order valence-corrected chi connectivity index (χ3v) is 29.6. The van der Waals surface area contributed by atoms with Gasteiger partial charge < -0.3 is 13.6 Å². The van der Waals surface area contributed by atoms with Gasteiger partial charge in [-0.2, -0.15) is 0 Å². The van der Waals surface area contributed by atoms with Gasteiger partial charge >= 0.3 is 0 Å². The van der Waals surface area contributed by atoms with Gasteiger partial charge in [0.2, 0.25) is 0 Å². The Bertz CT molecular complexity index is 9770. The molecule has 6 heterocycles. The van der Waals surface area contributed by atoms with Gasteiger partial charge in [-0.05, 0) is 169 Å². The largest absolute Gasteiger partial charge is 0.456 e. The van der Waals surface area contributed by atoms with Crippen molar-refractivity contribution in [2.75, 3.05) is 0 Å². The zero-order chi connectivity index (χ0) is 97.9. The monoisotopic (exact) mass is 1900 g/mol. The van der Waals surface area contributed by atoms with E-state index in [-0.39, 0.29) is 0 Å². The number of rotatable bonds is 18. The van der Waals surface area contributed by atoms with Crippen molar-refractivity contribution in [3.8, 4) is 191 Å². The van der Waals surface area contributed by atoms with Gasteiger partial charge in [0.1, 0.15) is 11.2 Å². The molecule has 28 rings (SSSR count). The summed E-state index contributed by atoms with van der Waals surface area (Å²) in [4.78, 5) is 30.7. The van der Waals surface area contributed by atoms with Gasteiger partial charge in [-0.15, -0.1) is 11.3 Å². The Kier molecular flexibility index (Phi) is 22.3. The fourth-order valence-electron chi connectivity index (χ4n) is 21.8. The molecule has 0 aliphatic heterocycles. The molecule has 0 fully saturated rings. The molecule has 28 aromatic rings. The molecule has 0 spiro atoms. The standard InChI is InChI=1S/C69H44N4O.C69H44N4S/c1-7-21-45(22-8-1)61-62(46-23-9-2-10-24-46)64(48-27-13-4-14-28-48)66-65(63(61)47-25-11-3-12-26-47)57-44-52(53-38-42-60-56(43-53)55-33-19-20-34-59(55)74-60)37-41-58(57)73(66)54-39-35-51(36-40-54)69-71-67(49-29-15-5-16-30-49)70-68(72-69)50-31-17-6-18-32-50;1-7-22-45(23-8-1)61-62(46-24-9-2-10-25-46)64(48-28-13-4-14-29-48)66-65(63(61)47-26-11-3-12-27-47)57-43-51(52-38-40-56-55-36-19-20-37-59(55)74-60(56)44-52)39-41-58(57)73(66)54-35-21-34-53(42-54)69-71-67(49-30-15-5-16-31-49)70-68(72-69)50-32-17-6-18-33-50/h2*1-44H. The fourth-order valence-corrected chi connectivity index (χ4v) is 23.0. The highest BCUT2D eigenvalue weighted by atomic mass is 32.1. The van der Waals surface area contributed by atoms with Gasteiger partial charge in [-0.1, -0.05) is 443 Å². The number of nitrogens with zero attached hydrogens (tertiary/aromatic N) is 8. The molecule has 0 saturated heterocycles. The summed E-state index contributed by atoms with van der Waals surface area (Å²) in [6.45, 7) is 0. The van der Waals surface area contributed by atoms with Crippen molar-refractivity contribution in [3.05, 3.63) is 534 Å². The molecular weight excluding hydrogens is 1820 g/mol. The van der Waals surface area contributed by atoms with E-state index in [1.54, 1.807) is 0 Å². The van der Waals surface area contributed by atoms with Crippen LogP contribution < -0.4 is 0 Å². The quantitative estimate of drug-likeness (QED) is 0.0843. The van der Waals surface area contributed by atoms with Crippen LogP contribution in [0, 0.1) is 0 Å². The molecule has 22 aromatic carbocycles. The maximum absolute atomic E-state index is 6.32. The number of hydrogen-bond donors (Lipinski definition) is 0. The molecule has 0 N–H and O–H groups in total. The SMILES string of the molecule is c1ccc(-c2nc(-c3ccccc3)nc(-c3ccc(-n4c5ccc(-c6ccc7oc8ccccc8c7c6)cc5c5c(-c6ccccc6)c(-c6ccccc6)c(-c6ccccc6)c(-c6ccccc6)c54)cc3)n2)cc1.c1ccc(-c2nc(-c3ccccc3)nc(-c3cccc(-n4c5ccc(-c6ccc7c(c6)sc6ccccc67)cc5c5c(-c6ccccc6)c(-c6ccccc6)c(-c6ccccc6)c(-c6ccccc6)c54)c3)n2)cc1. The Morgan fingerprint density at radius 2 is 0.426 bits per heavy atom. The van der Waals surface area contributed by atoms with E-state index in [1.165, 1.54) is 69.9 Å². The number of fused-ring (bicyclic) bond motifs is 12. The highest BCUT2D eigenvalue weighted by Gasteiger charge is 2.34. The van der Waals surface area contributed by atoms with Crippen LogP contribution in [0.3, 0.4) is 0 Å². The van der Waals surface area contributed by atoms with Gasteiger partial charge in [0.05, 0.1) is 22.1 Å². The minimum absolute atomic E-state index is 0.601. The Balaban J connectivity index is 0.000000146. The molecule has 148 heavy (non-hydrogen) atoms. The third-order valence-electron chi connectivity index (χ3n) is 28.5. The van der Waals surface area contributed by atoms with Crippen molar-refractivity contribution in [1.29, 1.82) is 0 Å². The summed E-state index contributed by atoms with van der Waals surface area (Å²) < 4.78 is 13.9. The van der Waals surface area contributed by atoms with E-state index in [0.29, 0.717) is 34.9 Å². The molecule has 0 atom stereocenters. The summed E-state index contributed by atoms with van der Waals surface area (Å²) in [5.74, 6) is 3.70. The first kappa shape index (κ1) is 87.5. The molecule has 0 aliphatic rings. The van der Waals surface area contributed by atoms with E-state index in [0.717, 1.165) is 172 Å². The molecule has 0 aliphatic carbocycles. The van der Waals surface area contributed by atoms with Crippen LogP contribution in [0.5, 0.6) is 0 Å². The average Bonchev–Trinajstić information content (AvgIpc) is 1.53. The highest BCUT2D eigenvalue weighted by molar-refractivity contribution is 7.25. The number of benzene rings is 22. The molecule has 0 bridgehead atoms. The summed E-state index contributed by atoms with van der Waals surface area (Å²) in [6.07, 6.45) is 0. The van der Waals surface area contributed by atoms with E-state index in [9.17, 15) is 0 Å². The van der Waals surface area contributed by atoms with Crippen molar-refractivity contribution in [3.63, 3.8) is 0 Å². The Morgan fingerprint density at radius 1 is 0.155 bits per heavy atom. The van der Waals surface area contributed by atoms with Crippen molar-refractivity contribution >= 4 is 97.1 Å². The molecule has 0 saturated carbocycles. The summed E-state index contributed by atoms with van der Waals surface area (Å²) in [7, 11) is 0. The van der Waals surface area contributed by atoms with Crippen molar-refractivity contribution < 1.29 is 4.42 Å². The highest BCUT2D eigenvalue weighted by Crippen LogP contribution is 2.58. The van der Waals surface area contributed by atoms with Crippen LogP contribution in [-0.2, 0) is 0 Å². The zero-order valence-corrected chi connectivity index (χ0v) is 81.0. The Hall–Kier alpha value is -19.5. The van der Waals surface area contributed by atoms with Crippen LogP contribution in [0.15, 0.2) is 538 Å². The maximum atomic E-state index is 6.32. The van der Waals surface area contributed by atoms with E-state index in [4.69, 9.17) is 34.3 Å². The minimum atomic E-state index is 0.601.